The first-order valence-electron chi connectivity index (χ1n) is 3.30. The van der Waals surface area contributed by atoms with Crippen LogP contribution in [-0.2, 0) is 0 Å². The Balaban J connectivity index is 3.02. The van der Waals surface area contributed by atoms with Gasteiger partial charge in [0.15, 0.2) is 0 Å². The molecule has 56 valence electrons. The van der Waals surface area contributed by atoms with Gasteiger partial charge < -0.3 is 4.98 Å². The van der Waals surface area contributed by atoms with E-state index in [9.17, 15) is 4.79 Å². The van der Waals surface area contributed by atoms with Crippen molar-refractivity contribution in [3.63, 3.8) is 0 Å². The number of hydrogen-bond donors (Lipinski definition) is 2. The van der Waals surface area contributed by atoms with E-state index >= 15 is 0 Å². The topological polar surface area (TPSA) is 61.5 Å². The van der Waals surface area contributed by atoms with Crippen molar-refractivity contribution in [3.8, 4) is 0 Å². The van der Waals surface area contributed by atoms with Gasteiger partial charge in [-0.25, -0.2) is 0 Å². The second kappa shape index (κ2) is 1.95. The van der Waals surface area contributed by atoms with E-state index in [1.165, 1.54) is 6.20 Å². The van der Waals surface area contributed by atoms with Crippen molar-refractivity contribution in [2.24, 2.45) is 0 Å². The predicted molar refractivity (Wildman–Crippen MR) is 41.5 cm³/mol. The van der Waals surface area contributed by atoms with Crippen molar-refractivity contribution in [1.82, 2.24) is 15.2 Å². The molecule has 0 spiro atoms. The van der Waals surface area contributed by atoms with Crippen molar-refractivity contribution in [2.75, 3.05) is 0 Å². The van der Waals surface area contributed by atoms with E-state index < -0.39 is 0 Å². The zero-order valence-corrected chi connectivity index (χ0v) is 6.01. The third-order valence-corrected chi connectivity index (χ3v) is 1.58. The minimum Gasteiger partial charge on any atom is -0.326 e. The van der Waals surface area contributed by atoms with Crippen LogP contribution >= 0.6 is 0 Å². The van der Waals surface area contributed by atoms with Crippen molar-refractivity contribution in [2.45, 2.75) is 6.92 Å². The van der Waals surface area contributed by atoms with Crippen LogP contribution in [0.1, 0.15) is 5.69 Å². The average Bonchev–Trinajstić information content (AvgIpc) is 2.34. The number of nitrogens with zero attached hydrogens (tertiary/aromatic N) is 1. The fraction of sp³-hybridized carbons (Fsp3) is 0.143. The van der Waals surface area contributed by atoms with Crippen molar-refractivity contribution < 1.29 is 0 Å². The van der Waals surface area contributed by atoms with Gasteiger partial charge in [-0.05, 0) is 13.0 Å². The van der Waals surface area contributed by atoms with Gasteiger partial charge in [0.25, 0.3) is 5.56 Å². The summed E-state index contributed by atoms with van der Waals surface area (Å²) in [5.74, 6) is 0. The Bertz CT molecular complexity index is 440. The fourth-order valence-corrected chi connectivity index (χ4v) is 1.09. The van der Waals surface area contributed by atoms with E-state index in [0.717, 1.165) is 11.2 Å². The number of aromatic nitrogens is 3. The summed E-state index contributed by atoms with van der Waals surface area (Å²) in [5, 5.41) is 7.10. The minimum absolute atomic E-state index is 0.0891. The Hall–Kier alpha value is -1.58. The lowest BCUT2D eigenvalue weighted by atomic mass is 10.3. The second-order valence-corrected chi connectivity index (χ2v) is 2.48. The van der Waals surface area contributed by atoms with Crippen molar-refractivity contribution in [1.29, 1.82) is 0 Å². The average molecular weight is 149 g/mol. The van der Waals surface area contributed by atoms with Gasteiger partial charge >= 0.3 is 0 Å². The Labute approximate surface area is 62.3 Å². The van der Waals surface area contributed by atoms with Crippen LogP contribution in [0.15, 0.2) is 17.1 Å². The first-order valence-corrected chi connectivity index (χ1v) is 3.30. The molecule has 0 saturated heterocycles. The highest BCUT2D eigenvalue weighted by molar-refractivity contribution is 5.76. The number of rotatable bonds is 0. The van der Waals surface area contributed by atoms with Crippen LogP contribution in [0.25, 0.3) is 10.9 Å². The third-order valence-electron chi connectivity index (χ3n) is 1.58. The summed E-state index contributed by atoms with van der Waals surface area (Å²) >= 11 is 0. The van der Waals surface area contributed by atoms with E-state index in [0.29, 0.717) is 5.39 Å². The Kier molecular flexibility index (Phi) is 1.09. The van der Waals surface area contributed by atoms with Gasteiger partial charge in [0.1, 0.15) is 0 Å². The molecule has 0 bridgehead atoms. The number of hydrogen-bond acceptors (Lipinski definition) is 2. The molecule has 0 aliphatic carbocycles. The van der Waals surface area contributed by atoms with Crippen LogP contribution in [-0.4, -0.2) is 15.2 Å². The molecule has 4 nitrogen and oxygen atoms in total. The summed E-state index contributed by atoms with van der Waals surface area (Å²) in [6.07, 6.45) is 1.52. The third kappa shape index (κ3) is 0.832. The molecule has 0 fully saturated rings. The van der Waals surface area contributed by atoms with Gasteiger partial charge in [-0.2, -0.15) is 5.10 Å². The molecule has 2 N–H and O–H groups in total. The van der Waals surface area contributed by atoms with Gasteiger partial charge in [0.2, 0.25) is 0 Å². The molecule has 2 rings (SSSR count). The Morgan fingerprint density at radius 3 is 3.18 bits per heavy atom. The Morgan fingerprint density at radius 1 is 1.55 bits per heavy atom. The number of H-pyrrole nitrogens is 2. The molecule has 4 heteroatoms. The van der Waals surface area contributed by atoms with Gasteiger partial charge in [0, 0.05) is 5.69 Å². The van der Waals surface area contributed by atoms with Crippen molar-refractivity contribution >= 4 is 10.9 Å². The lowest BCUT2D eigenvalue weighted by Gasteiger charge is -1.90. The monoisotopic (exact) mass is 149 g/mol. The summed E-state index contributed by atoms with van der Waals surface area (Å²) in [5.41, 5.74) is 1.53. The van der Waals surface area contributed by atoms with Gasteiger partial charge in [0.05, 0.1) is 17.1 Å². The van der Waals surface area contributed by atoms with Gasteiger partial charge in [-0.15, -0.1) is 0 Å². The standard InChI is InChI=1S/C7H7N3O/c1-4-2-6-5(3-8-10-6)7(11)9-4/h2-3H,1H3,(H,8,10)(H,9,11). The highest BCUT2D eigenvalue weighted by Gasteiger charge is 1.99. The molecular formula is C7H7N3O. The summed E-state index contributed by atoms with van der Waals surface area (Å²) in [4.78, 5) is 13.8. The maximum Gasteiger partial charge on any atom is 0.259 e. The molecule has 0 radical (unpaired) electrons. The fourth-order valence-electron chi connectivity index (χ4n) is 1.09. The zero-order chi connectivity index (χ0) is 7.84. The molecule has 0 aliphatic heterocycles. The first-order chi connectivity index (χ1) is 5.27. The maximum atomic E-state index is 11.1. The number of nitrogens with one attached hydrogen (secondary N) is 2. The molecule has 0 saturated carbocycles. The molecule has 0 aromatic carbocycles. The first kappa shape index (κ1) is 6.15. The van der Waals surface area contributed by atoms with E-state index in [1.54, 1.807) is 0 Å². The van der Waals surface area contributed by atoms with Crippen LogP contribution < -0.4 is 5.56 Å². The maximum absolute atomic E-state index is 11.1. The molecule has 2 aromatic rings. The molecule has 2 heterocycles. The van der Waals surface area contributed by atoms with Gasteiger partial charge in [-0.3, -0.25) is 9.89 Å². The molecule has 11 heavy (non-hydrogen) atoms. The van der Waals surface area contributed by atoms with E-state index in [-0.39, 0.29) is 5.56 Å². The lowest BCUT2D eigenvalue weighted by Crippen LogP contribution is -2.05. The van der Waals surface area contributed by atoms with E-state index in [2.05, 4.69) is 15.2 Å². The second-order valence-electron chi connectivity index (χ2n) is 2.48. The largest absolute Gasteiger partial charge is 0.326 e. The van der Waals surface area contributed by atoms with Crippen molar-refractivity contribution in [3.05, 3.63) is 28.3 Å². The molecule has 0 amide bonds. The highest BCUT2D eigenvalue weighted by atomic mass is 16.1. The van der Waals surface area contributed by atoms with Crippen LogP contribution in [0.3, 0.4) is 0 Å². The summed E-state index contributed by atoms with van der Waals surface area (Å²) in [7, 11) is 0. The summed E-state index contributed by atoms with van der Waals surface area (Å²) in [6, 6.07) is 1.85. The number of pyridine rings is 1. The quantitative estimate of drug-likeness (QED) is 0.574. The summed E-state index contributed by atoms with van der Waals surface area (Å²) < 4.78 is 0. The number of fused-ring (bicyclic) bond motifs is 1. The number of aryl methyl sites for hydroxylation is 1. The molecular weight excluding hydrogens is 142 g/mol. The zero-order valence-electron chi connectivity index (χ0n) is 6.01. The normalized spacial score (nSPS) is 10.6. The minimum atomic E-state index is -0.0891. The van der Waals surface area contributed by atoms with Gasteiger partial charge in [-0.1, -0.05) is 0 Å². The molecule has 0 unspecified atom stereocenters. The molecule has 2 aromatic heterocycles. The smallest absolute Gasteiger partial charge is 0.259 e. The number of aromatic amines is 2. The Morgan fingerprint density at radius 2 is 2.36 bits per heavy atom. The van der Waals surface area contributed by atoms with Crippen LogP contribution in [0.5, 0.6) is 0 Å². The predicted octanol–water partition coefficient (Wildman–Crippen LogP) is 0.560. The lowest BCUT2D eigenvalue weighted by molar-refractivity contribution is 1.11. The molecule has 0 atom stereocenters. The summed E-state index contributed by atoms with van der Waals surface area (Å²) in [6.45, 7) is 1.84. The van der Waals surface area contributed by atoms with E-state index in [1.807, 2.05) is 13.0 Å². The van der Waals surface area contributed by atoms with Crippen LogP contribution in [0.2, 0.25) is 0 Å². The van der Waals surface area contributed by atoms with E-state index in [4.69, 9.17) is 0 Å². The molecule has 0 aliphatic rings. The van der Waals surface area contributed by atoms with Crippen LogP contribution in [0, 0.1) is 6.92 Å². The SMILES string of the molecule is Cc1cc2[nH]ncc2c(=O)[nH]1. The van der Waals surface area contributed by atoms with Crippen LogP contribution in [0.4, 0.5) is 0 Å². The highest BCUT2D eigenvalue weighted by Crippen LogP contribution is 2.03.